The Bertz CT molecular complexity index is 1190. The fourth-order valence-electron chi connectivity index (χ4n) is 8.76. The van der Waals surface area contributed by atoms with Crippen molar-refractivity contribution >= 4 is 41.0 Å². The van der Waals surface area contributed by atoms with E-state index in [9.17, 15) is 19.5 Å². The summed E-state index contributed by atoms with van der Waals surface area (Å²) in [5.74, 6) is -0.742. The molecule has 8 atom stereocenters. The van der Waals surface area contributed by atoms with Crippen LogP contribution in [0.3, 0.4) is 0 Å². The molecule has 3 saturated heterocycles. The molecule has 9 nitrogen and oxygen atoms in total. The molecule has 52 heavy (non-hydrogen) atoms. The van der Waals surface area contributed by atoms with E-state index in [-0.39, 0.29) is 28.7 Å². The molecular formula is C41H73Cl2N3O6. The lowest BCUT2D eigenvalue weighted by Gasteiger charge is -2.59. The second-order valence-corrected chi connectivity index (χ2v) is 14.1. The number of aliphatic hydroxyl groups is 2. The van der Waals surface area contributed by atoms with Gasteiger partial charge >= 0.3 is 5.97 Å². The van der Waals surface area contributed by atoms with Gasteiger partial charge in [0.15, 0.2) is 5.60 Å². The maximum absolute atomic E-state index is 12.4. The summed E-state index contributed by atoms with van der Waals surface area (Å²) < 4.78 is 5.49. The average Bonchev–Trinajstić information content (AvgIpc) is 3.47. The van der Waals surface area contributed by atoms with Gasteiger partial charge in [0, 0.05) is 30.2 Å². The van der Waals surface area contributed by atoms with Crippen LogP contribution in [0.4, 0.5) is 0 Å². The molecule has 2 amide bonds. The zero-order valence-electron chi connectivity index (χ0n) is 34.0. The van der Waals surface area contributed by atoms with E-state index in [1.807, 2.05) is 67.5 Å². The molecule has 6 N–H and O–H groups in total. The average molecular weight is 775 g/mol. The van der Waals surface area contributed by atoms with E-state index in [1.54, 1.807) is 0 Å². The quantitative estimate of drug-likeness (QED) is 0.0957. The number of hydrogen-bond acceptors (Lipinski definition) is 7. The molecule has 0 spiro atoms. The summed E-state index contributed by atoms with van der Waals surface area (Å²) in [5, 5.41) is 23.7. The van der Waals surface area contributed by atoms with Gasteiger partial charge in [-0.2, -0.15) is 0 Å². The first-order valence-electron chi connectivity index (χ1n) is 19.8. The van der Waals surface area contributed by atoms with Crippen LogP contribution in [0.25, 0.3) is 0 Å². The maximum Gasteiger partial charge on any atom is 0.339 e. The fraction of sp³-hybridized carbons (Fsp3) is 0.780. The van der Waals surface area contributed by atoms with Crippen molar-refractivity contribution in [1.82, 2.24) is 10.6 Å². The monoisotopic (exact) mass is 773 g/mol. The number of amides is 2. The van der Waals surface area contributed by atoms with E-state index >= 15 is 0 Å². The largest absolute Gasteiger partial charge is 0.453 e. The van der Waals surface area contributed by atoms with Crippen LogP contribution in [0.5, 0.6) is 0 Å². The highest BCUT2D eigenvalue weighted by Crippen LogP contribution is 2.64. The molecule has 6 aliphatic rings. The van der Waals surface area contributed by atoms with E-state index in [1.165, 1.54) is 25.7 Å². The normalized spacial score (nSPS) is 34.7. The smallest absolute Gasteiger partial charge is 0.339 e. The predicted octanol–water partition coefficient (Wildman–Crippen LogP) is 7.88. The molecule has 0 bridgehead atoms. The molecule has 0 aromatic heterocycles. The maximum atomic E-state index is 12.4. The highest BCUT2D eigenvalue weighted by atomic mass is 35.5. The number of ether oxygens (including phenoxy) is 1. The highest BCUT2D eigenvalue weighted by Gasteiger charge is 2.80. The molecule has 0 aromatic rings. The van der Waals surface area contributed by atoms with Crippen molar-refractivity contribution in [2.75, 3.05) is 18.9 Å². The summed E-state index contributed by atoms with van der Waals surface area (Å²) in [7, 11) is 1.00. The Balaban J connectivity index is 0.000000756. The predicted molar refractivity (Wildman–Crippen MR) is 216 cm³/mol. The zero-order valence-corrected chi connectivity index (χ0v) is 35.5. The number of carbonyl (C=O) groups excluding carboxylic acids is 3. The SMILES string of the molecule is C1=CCCCC1.C=C1C[C@@]2(CC)[C@@](N)(CCCl)C(=O)N[C@@]12C.CC.CC.CC.CCC12OC(=O)C1(C(O)C1C=CCCC1)NC(=O)C2CCCl.CO. The second-order valence-electron chi connectivity index (χ2n) is 13.4. The van der Waals surface area contributed by atoms with Gasteiger partial charge < -0.3 is 31.3 Å². The number of rotatable bonds is 8. The van der Waals surface area contributed by atoms with Gasteiger partial charge in [-0.25, -0.2) is 4.79 Å². The highest BCUT2D eigenvalue weighted by molar-refractivity contribution is 6.18. The van der Waals surface area contributed by atoms with Crippen molar-refractivity contribution in [3.05, 3.63) is 36.5 Å². The van der Waals surface area contributed by atoms with Gasteiger partial charge in [-0.3, -0.25) is 9.59 Å². The number of carbonyl (C=O) groups is 3. The zero-order chi connectivity index (χ0) is 40.4. The van der Waals surface area contributed by atoms with Gasteiger partial charge in [-0.15, -0.1) is 23.2 Å². The van der Waals surface area contributed by atoms with Crippen molar-refractivity contribution < 1.29 is 29.3 Å². The molecule has 4 fully saturated rings. The number of esters is 1. The van der Waals surface area contributed by atoms with E-state index in [4.69, 9.17) is 38.8 Å². The van der Waals surface area contributed by atoms with Crippen LogP contribution in [-0.2, 0) is 19.1 Å². The first-order valence-corrected chi connectivity index (χ1v) is 20.9. The van der Waals surface area contributed by atoms with Crippen LogP contribution in [0, 0.1) is 17.3 Å². The topological polar surface area (TPSA) is 151 Å². The summed E-state index contributed by atoms with van der Waals surface area (Å²) >= 11 is 11.6. The summed E-state index contributed by atoms with van der Waals surface area (Å²) in [6.07, 6.45) is 18.9. The van der Waals surface area contributed by atoms with Gasteiger partial charge in [0.05, 0.1) is 17.6 Å². The minimum Gasteiger partial charge on any atom is -0.453 e. The molecule has 0 aromatic carbocycles. The Hall–Kier alpha value is -1.91. The summed E-state index contributed by atoms with van der Waals surface area (Å²) in [6.45, 7) is 22.0. The van der Waals surface area contributed by atoms with E-state index in [0.29, 0.717) is 31.0 Å². The number of alkyl halides is 2. The van der Waals surface area contributed by atoms with Crippen LogP contribution < -0.4 is 16.4 Å². The van der Waals surface area contributed by atoms with Crippen molar-refractivity contribution in [3.8, 4) is 0 Å². The molecule has 11 heteroatoms. The standard InChI is InChI=1S/C16H22ClNO4.C12H19ClN2O.C6H10.3C2H6.CH4O/c1-2-15-11(8-9-17)13(20)18-16(15,14(21)22-15)12(19)10-6-4-3-5-7-10;1-4-11-7-8(2)10(11,3)15-9(16)12(11,14)5-6-13;1-2-4-6-5-3-1;4*1-2/h4,6,10-12,19H,2-3,5,7-9H2,1H3,(H,18,20);2,4-7,14H2,1,3H3,(H,15,16);1-2H,3-6H2;3*1-2H3;2H,1H3/t;10-,11+,12+;;;;;/m.0...../s1. The van der Waals surface area contributed by atoms with Crippen molar-refractivity contribution in [2.45, 2.75) is 168 Å². The molecule has 302 valence electrons. The summed E-state index contributed by atoms with van der Waals surface area (Å²) in [4.78, 5) is 36.8. The Kier molecular flexibility index (Phi) is 22.3. The van der Waals surface area contributed by atoms with Crippen LogP contribution in [0.2, 0.25) is 0 Å². The van der Waals surface area contributed by atoms with Crippen molar-refractivity contribution in [2.24, 2.45) is 23.0 Å². The summed E-state index contributed by atoms with van der Waals surface area (Å²) in [5.41, 5.74) is 3.77. The lowest BCUT2D eigenvalue weighted by molar-refractivity contribution is -0.244. The van der Waals surface area contributed by atoms with Crippen molar-refractivity contribution in [1.29, 1.82) is 0 Å². The second kappa shape index (κ2) is 23.1. The number of aliphatic hydroxyl groups excluding tert-OH is 2. The third kappa shape index (κ3) is 8.80. The van der Waals surface area contributed by atoms with Gasteiger partial charge in [-0.05, 0) is 84.0 Å². The van der Waals surface area contributed by atoms with Crippen molar-refractivity contribution in [3.63, 3.8) is 0 Å². The minimum atomic E-state index is -1.32. The molecular weight excluding hydrogens is 701 g/mol. The lowest BCUT2D eigenvalue weighted by atomic mass is 9.46. The van der Waals surface area contributed by atoms with Gasteiger partial charge in [0.2, 0.25) is 17.4 Å². The van der Waals surface area contributed by atoms with Crippen LogP contribution >= 0.6 is 23.2 Å². The Morgan fingerprint density at radius 2 is 1.48 bits per heavy atom. The van der Waals surface area contributed by atoms with Crippen LogP contribution in [0.15, 0.2) is 36.5 Å². The van der Waals surface area contributed by atoms with Gasteiger partial charge in [-0.1, -0.05) is 91.8 Å². The first kappa shape index (κ1) is 50.1. The first-order chi connectivity index (χ1) is 24.9. The number of nitrogens with one attached hydrogen (secondary N) is 2. The number of hydrogen-bond donors (Lipinski definition) is 5. The Labute approximate surface area is 326 Å². The number of allylic oxidation sites excluding steroid dienone is 3. The molecule has 5 unspecified atom stereocenters. The van der Waals surface area contributed by atoms with Crippen LogP contribution in [-0.4, -0.2) is 75.2 Å². The lowest BCUT2D eigenvalue weighted by Crippen LogP contribution is -2.80. The van der Waals surface area contributed by atoms with E-state index < -0.39 is 34.7 Å². The minimum absolute atomic E-state index is 0.0730. The molecule has 1 saturated carbocycles. The van der Waals surface area contributed by atoms with E-state index in [0.717, 1.165) is 44.8 Å². The molecule has 3 aliphatic carbocycles. The number of halogens is 2. The Morgan fingerprint density at radius 1 is 0.923 bits per heavy atom. The number of nitrogens with two attached hydrogens (primary N) is 1. The van der Waals surface area contributed by atoms with Gasteiger partial charge in [0.25, 0.3) is 0 Å². The molecule has 3 heterocycles. The number of fused-ring (bicyclic) bond motifs is 2. The van der Waals surface area contributed by atoms with Crippen LogP contribution in [0.1, 0.15) is 139 Å². The molecule has 3 aliphatic heterocycles. The summed E-state index contributed by atoms with van der Waals surface area (Å²) in [6, 6.07) is 0. The molecule has 6 rings (SSSR count). The Morgan fingerprint density at radius 3 is 1.87 bits per heavy atom. The van der Waals surface area contributed by atoms with E-state index in [2.05, 4.69) is 36.3 Å². The molecule has 0 radical (unpaired) electrons. The third-order valence-electron chi connectivity index (χ3n) is 11.6. The fourth-order valence-corrected chi connectivity index (χ4v) is 9.28. The third-order valence-corrected chi connectivity index (χ3v) is 12.0. The van der Waals surface area contributed by atoms with Gasteiger partial charge in [0.1, 0.15) is 5.54 Å².